The summed E-state index contributed by atoms with van der Waals surface area (Å²) in [6.07, 6.45) is 6.39. The molecule has 1 saturated carbocycles. The standard InChI is InChI=1S/C33H37F2N5O2/c1-20(41)39-18-25-12-24(21-7-10-38(11-8-21)33(42)22-5-6-22)14-31(29(25)19-39)40-9-3-4-23-13-27(26-16-36-37(2)17-26)28(32(34)35)15-30(23)40/h12-17,21-22,32H,3-11,18-19H2,1-2H3. The Morgan fingerprint density at radius 2 is 1.71 bits per heavy atom. The lowest BCUT2D eigenvalue weighted by atomic mass is 9.86. The number of piperidine rings is 1. The van der Waals surface area contributed by atoms with Gasteiger partial charge in [0, 0.05) is 86.9 Å². The molecular weight excluding hydrogens is 536 g/mol. The van der Waals surface area contributed by atoms with Gasteiger partial charge in [0.05, 0.1) is 6.20 Å². The van der Waals surface area contributed by atoms with E-state index in [2.05, 4.69) is 22.1 Å². The Morgan fingerprint density at radius 1 is 0.929 bits per heavy atom. The van der Waals surface area contributed by atoms with E-state index in [1.54, 1.807) is 37.1 Å². The first-order valence-electron chi connectivity index (χ1n) is 15.2. The van der Waals surface area contributed by atoms with Gasteiger partial charge in [0.2, 0.25) is 11.8 Å². The number of anilines is 2. The lowest BCUT2D eigenvalue weighted by Gasteiger charge is -2.36. The molecule has 7 rings (SSSR count). The third kappa shape index (κ3) is 4.86. The second-order valence-electron chi connectivity index (χ2n) is 12.5. The number of likely N-dealkylation sites (tertiary alicyclic amines) is 1. The molecule has 4 heterocycles. The maximum Gasteiger partial charge on any atom is 0.264 e. The zero-order chi connectivity index (χ0) is 29.1. The van der Waals surface area contributed by atoms with Crippen LogP contribution in [0, 0.1) is 5.92 Å². The van der Waals surface area contributed by atoms with Gasteiger partial charge in [0.15, 0.2) is 0 Å². The van der Waals surface area contributed by atoms with Crippen molar-refractivity contribution in [3.63, 3.8) is 0 Å². The normalized spacial score (nSPS) is 18.9. The average molecular weight is 574 g/mol. The Bertz CT molecular complexity index is 1550. The minimum absolute atomic E-state index is 0.0134. The van der Waals surface area contributed by atoms with Gasteiger partial charge in [0.1, 0.15) is 0 Å². The number of alkyl halides is 2. The number of hydrogen-bond acceptors (Lipinski definition) is 4. The molecule has 42 heavy (non-hydrogen) atoms. The Balaban J connectivity index is 1.27. The van der Waals surface area contributed by atoms with Crippen LogP contribution in [0.3, 0.4) is 0 Å². The number of aryl methyl sites for hydroxylation is 2. The van der Waals surface area contributed by atoms with E-state index in [1.165, 1.54) is 5.56 Å². The van der Waals surface area contributed by atoms with Gasteiger partial charge in [-0.3, -0.25) is 14.3 Å². The van der Waals surface area contributed by atoms with Crippen LogP contribution >= 0.6 is 0 Å². The van der Waals surface area contributed by atoms with Gasteiger partial charge in [0.25, 0.3) is 6.43 Å². The molecule has 220 valence electrons. The molecule has 3 aromatic rings. The van der Waals surface area contributed by atoms with Crippen LogP contribution in [0.25, 0.3) is 11.1 Å². The Labute approximate surface area is 245 Å². The number of amides is 2. The first-order chi connectivity index (χ1) is 20.3. The molecule has 0 atom stereocenters. The van der Waals surface area contributed by atoms with Crippen molar-refractivity contribution in [1.82, 2.24) is 19.6 Å². The second kappa shape index (κ2) is 10.5. The van der Waals surface area contributed by atoms with Gasteiger partial charge in [-0.05, 0) is 84.9 Å². The maximum absolute atomic E-state index is 14.5. The summed E-state index contributed by atoms with van der Waals surface area (Å²) in [4.78, 5) is 31.2. The van der Waals surface area contributed by atoms with Gasteiger partial charge in [-0.2, -0.15) is 5.10 Å². The lowest BCUT2D eigenvalue weighted by Crippen LogP contribution is -2.38. The third-order valence-corrected chi connectivity index (χ3v) is 9.61. The summed E-state index contributed by atoms with van der Waals surface area (Å²) in [5, 5.41) is 4.22. The minimum Gasteiger partial charge on any atom is -0.342 e. The van der Waals surface area contributed by atoms with Gasteiger partial charge >= 0.3 is 0 Å². The molecular formula is C33H37F2N5O2. The number of hydrogen-bond donors (Lipinski definition) is 0. The number of carbonyl (C=O) groups is 2. The molecule has 2 aromatic carbocycles. The average Bonchev–Trinajstić information content (AvgIpc) is 3.60. The largest absolute Gasteiger partial charge is 0.342 e. The number of benzene rings is 2. The van der Waals surface area contributed by atoms with E-state index in [4.69, 9.17) is 0 Å². The van der Waals surface area contributed by atoms with E-state index >= 15 is 0 Å². The first kappa shape index (κ1) is 27.1. The predicted molar refractivity (Wildman–Crippen MR) is 157 cm³/mol. The summed E-state index contributed by atoms with van der Waals surface area (Å²) in [6.45, 7) is 4.96. The molecule has 0 bridgehead atoms. The highest BCUT2D eigenvalue weighted by atomic mass is 19.3. The quantitative estimate of drug-likeness (QED) is 0.371. The highest BCUT2D eigenvalue weighted by Gasteiger charge is 2.36. The van der Waals surface area contributed by atoms with Crippen molar-refractivity contribution in [3.05, 3.63) is 64.5 Å². The van der Waals surface area contributed by atoms with Crippen LogP contribution in [0.4, 0.5) is 20.2 Å². The number of fused-ring (bicyclic) bond motifs is 2. The van der Waals surface area contributed by atoms with Crippen LogP contribution in [0.1, 0.15) is 79.2 Å². The number of aromatic nitrogens is 2. The molecule has 9 heteroatoms. The van der Waals surface area contributed by atoms with E-state index < -0.39 is 6.43 Å². The summed E-state index contributed by atoms with van der Waals surface area (Å²) in [6, 6.07) is 8.11. The van der Waals surface area contributed by atoms with Crippen molar-refractivity contribution in [2.24, 2.45) is 13.0 Å². The molecule has 1 aromatic heterocycles. The SMILES string of the molecule is CC(=O)N1Cc2cc(C3CCN(C(=O)C4CC4)CC3)cc(N3CCCc4cc(-c5cnn(C)c5)c(C(F)F)cc43)c2C1. The van der Waals surface area contributed by atoms with Crippen molar-refractivity contribution in [2.45, 2.75) is 70.9 Å². The van der Waals surface area contributed by atoms with Crippen LogP contribution in [-0.4, -0.2) is 51.0 Å². The van der Waals surface area contributed by atoms with Gasteiger partial charge in [-0.15, -0.1) is 0 Å². The van der Waals surface area contributed by atoms with Gasteiger partial charge < -0.3 is 14.7 Å². The van der Waals surface area contributed by atoms with Crippen LogP contribution in [-0.2, 0) is 36.1 Å². The number of carbonyl (C=O) groups excluding carboxylic acids is 2. The third-order valence-electron chi connectivity index (χ3n) is 9.61. The highest BCUT2D eigenvalue weighted by Crippen LogP contribution is 2.45. The molecule has 0 unspecified atom stereocenters. The fraction of sp³-hybridized carbons (Fsp3) is 0.485. The Kier molecular flexibility index (Phi) is 6.78. The molecule has 2 amide bonds. The van der Waals surface area contributed by atoms with Crippen molar-refractivity contribution in [1.29, 1.82) is 0 Å². The summed E-state index contributed by atoms with van der Waals surface area (Å²) in [5.74, 6) is 0.899. The fourth-order valence-corrected chi connectivity index (χ4v) is 7.13. The summed E-state index contributed by atoms with van der Waals surface area (Å²) in [5.41, 5.74) is 7.62. The fourth-order valence-electron chi connectivity index (χ4n) is 7.13. The minimum atomic E-state index is -2.62. The Morgan fingerprint density at radius 3 is 2.38 bits per heavy atom. The van der Waals surface area contributed by atoms with E-state index in [1.807, 2.05) is 15.9 Å². The second-order valence-corrected chi connectivity index (χ2v) is 12.5. The predicted octanol–water partition coefficient (Wildman–Crippen LogP) is 6.09. The number of halogens is 2. The molecule has 4 aliphatic rings. The first-order valence-corrected chi connectivity index (χ1v) is 15.2. The van der Waals surface area contributed by atoms with Crippen molar-refractivity contribution in [3.8, 4) is 11.1 Å². The molecule has 3 aliphatic heterocycles. The van der Waals surface area contributed by atoms with E-state index in [0.29, 0.717) is 36.0 Å². The summed E-state index contributed by atoms with van der Waals surface area (Å²) < 4.78 is 30.7. The van der Waals surface area contributed by atoms with Crippen molar-refractivity contribution < 1.29 is 18.4 Å². The molecule has 0 N–H and O–H groups in total. The molecule has 0 radical (unpaired) electrons. The monoisotopic (exact) mass is 573 g/mol. The Hall–Kier alpha value is -3.75. The number of rotatable bonds is 5. The molecule has 2 fully saturated rings. The van der Waals surface area contributed by atoms with Crippen molar-refractivity contribution in [2.75, 3.05) is 24.5 Å². The van der Waals surface area contributed by atoms with Crippen LogP contribution in [0.15, 0.2) is 36.7 Å². The summed E-state index contributed by atoms with van der Waals surface area (Å²) in [7, 11) is 1.79. The topological polar surface area (TPSA) is 61.7 Å². The lowest BCUT2D eigenvalue weighted by molar-refractivity contribution is -0.133. The maximum atomic E-state index is 14.5. The smallest absolute Gasteiger partial charge is 0.264 e. The highest BCUT2D eigenvalue weighted by molar-refractivity contribution is 5.82. The molecule has 0 spiro atoms. The molecule has 7 nitrogen and oxygen atoms in total. The van der Waals surface area contributed by atoms with E-state index in [9.17, 15) is 18.4 Å². The zero-order valence-electron chi connectivity index (χ0n) is 24.3. The van der Waals surface area contributed by atoms with E-state index in [-0.39, 0.29) is 17.4 Å². The number of nitrogens with zero attached hydrogens (tertiary/aromatic N) is 5. The van der Waals surface area contributed by atoms with Crippen LogP contribution in [0.2, 0.25) is 0 Å². The van der Waals surface area contributed by atoms with Gasteiger partial charge in [-0.1, -0.05) is 6.07 Å². The van der Waals surface area contributed by atoms with Crippen molar-refractivity contribution >= 4 is 23.2 Å². The zero-order valence-corrected chi connectivity index (χ0v) is 24.3. The van der Waals surface area contributed by atoms with E-state index in [0.717, 1.165) is 86.2 Å². The molecule has 1 saturated heterocycles. The summed E-state index contributed by atoms with van der Waals surface area (Å²) >= 11 is 0. The van der Waals surface area contributed by atoms with Gasteiger partial charge in [-0.25, -0.2) is 8.78 Å². The van der Waals surface area contributed by atoms with Crippen LogP contribution in [0.5, 0.6) is 0 Å². The molecule has 1 aliphatic carbocycles. The van der Waals surface area contributed by atoms with Crippen LogP contribution < -0.4 is 4.90 Å².